The number of hydrogen-bond acceptors (Lipinski definition) is 3. The van der Waals surface area contributed by atoms with Crippen molar-refractivity contribution < 1.29 is 14.6 Å². The van der Waals surface area contributed by atoms with E-state index >= 15 is 0 Å². The highest BCUT2D eigenvalue weighted by molar-refractivity contribution is 6.42. The number of hydrogen-bond donors (Lipinski definition) is 1. The van der Waals surface area contributed by atoms with Crippen LogP contribution < -0.4 is 0 Å². The monoisotopic (exact) mass is 345 g/mol. The third-order valence-electron chi connectivity index (χ3n) is 3.60. The molecule has 1 amide bonds. The maximum absolute atomic E-state index is 12.2. The van der Waals surface area contributed by atoms with E-state index in [1.807, 2.05) is 26.8 Å². The average molecular weight is 346 g/mol. The summed E-state index contributed by atoms with van der Waals surface area (Å²) in [6.07, 6.45) is -0.371. The van der Waals surface area contributed by atoms with Crippen LogP contribution in [0, 0.1) is 0 Å². The molecule has 0 spiro atoms. The van der Waals surface area contributed by atoms with Crippen LogP contribution in [-0.2, 0) is 4.74 Å². The zero-order valence-corrected chi connectivity index (χ0v) is 14.5. The van der Waals surface area contributed by atoms with Crippen molar-refractivity contribution in [3.05, 3.63) is 33.8 Å². The van der Waals surface area contributed by atoms with Gasteiger partial charge in [-0.05, 0) is 44.9 Å². The Balaban J connectivity index is 2.14. The van der Waals surface area contributed by atoms with Gasteiger partial charge in [0.1, 0.15) is 5.60 Å². The van der Waals surface area contributed by atoms with Crippen LogP contribution in [0.25, 0.3) is 0 Å². The van der Waals surface area contributed by atoms with Crippen LogP contribution in [0.5, 0.6) is 0 Å². The zero-order valence-electron chi connectivity index (χ0n) is 13.0. The number of halogens is 2. The summed E-state index contributed by atoms with van der Waals surface area (Å²) in [5.41, 5.74) is 0.335. The molecule has 122 valence electrons. The molecule has 6 heteroatoms. The standard InChI is InChI=1S/C16H21Cl2NO3/c1-16(2,3)22-15(21)19-7-6-14(20)11(9-19)10-4-5-12(17)13(18)8-10/h4-5,8,11,14,20H,6-7,9H2,1-3H3. The predicted octanol–water partition coefficient (Wildman–Crippen LogP) is 4.08. The molecule has 0 aliphatic carbocycles. The van der Waals surface area contributed by atoms with E-state index in [0.717, 1.165) is 5.56 Å². The van der Waals surface area contributed by atoms with Crippen LogP contribution in [0.15, 0.2) is 18.2 Å². The fourth-order valence-electron chi connectivity index (χ4n) is 2.50. The van der Waals surface area contributed by atoms with Crippen molar-refractivity contribution in [3.8, 4) is 0 Å². The summed E-state index contributed by atoms with van der Waals surface area (Å²) in [7, 11) is 0. The SMILES string of the molecule is CC(C)(C)OC(=O)N1CCC(O)C(c2ccc(Cl)c(Cl)c2)C1. The highest BCUT2D eigenvalue weighted by atomic mass is 35.5. The number of ether oxygens (including phenoxy) is 1. The number of benzene rings is 1. The van der Waals surface area contributed by atoms with Gasteiger partial charge in [0.25, 0.3) is 0 Å². The van der Waals surface area contributed by atoms with Gasteiger partial charge in [0.05, 0.1) is 16.1 Å². The number of carbonyl (C=O) groups excluding carboxylic acids is 1. The van der Waals surface area contributed by atoms with Gasteiger partial charge in [-0.1, -0.05) is 29.3 Å². The second-order valence-corrected chi connectivity index (χ2v) is 7.38. The van der Waals surface area contributed by atoms with Crippen LogP contribution >= 0.6 is 23.2 Å². The molecule has 1 aromatic carbocycles. The first-order valence-corrected chi connectivity index (χ1v) is 8.04. The van der Waals surface area contributed by atoms with Crippen LogP contribution in [0.4, 0.5) is 4.79 Å². The topological polar surface area (TPSA) is 49.8 Å². The maximum atomic E-state index is 12.2. The van der Waals surface area contributed by atoms with Crippen molar-refractivity contribution in [2.24, 2.45) is 0 Å². The third-order valence-corrected chi connectivity index (χ3v) is 4.34. The molecule has 0 aromatic heterocycles. The zero-order chi connectivity index (χ0) is 16.5. The lowest BCUT2D eigenvalue weighted by molar-refractivity contribution is 0.00408. The number of aliphatic hydroxyl groups is 1. The second kappa shape index (κ2) is 6.65. The number of amides is 1. The van der Waals surface area contributed by atoms with E-state index in [2.05, 4.69) is 0 Å². The number of piperidine rings is 1. The molecule has 1 aliphatic heterocycles. The Bertz CT molecular complexity index is 557. The van der Waals surface area contributed by atoms with Gasteiger partial charge in [0.2, 0.25) is 0 Å². The Morgan fingerprint density at radius 1 is 1.32 bits per heavy atom. The molecule has 22 heavy (non-hydrogen) atoms. The molecule has 1 aromatic rings. The summed E-state index contributed by atoms with van der Waals surface area (Å²) >= 11 is 12.0. The van der Waals surface area contributed by atoms with Crippen molar-refractivity contribution in [1.82, 2.24) is 4.90 Å². The smallest absolute Gasteiger partial charge is 0.410 e. The third kappa shape index (κ3) is 4.28. The van der Waals surface area contributed by atoms with Gasteiger partial charge in [0, 0.05) is 19.0 Å². The normalized spacial score (nSPS) is 22.5. The largest absolute Gasteiger partial charge is 0.444 e. The van der Waals surface area contributed by atoms with Crippen molar-refractivity contribution >= 4 is 29.3 Å². The summed E-state index contributed by atoms with van der Waals surface area (Å²) in [4.78, 5) is 13.8. The van der Waals surface area contributed by atoms with E-state index in [1.54, 1.807) is 17.0 Å². The van der Waals surface area contributed by atoms with Crippen molar-refractivity contribution in [3.63, 3.8) is 0 Å². The van der Waals surface area contributed by atoms with Crippen LogP contribution in [0.3, 0.4) is 0 Å². The van der Waals surface area contributed by atoms with E-state index in [9.17, 15) is 9.90 Å². The lowest BCUT2D eigenvalue weighted by Crippen LogP contribution is -2.46. The van der Waals surface area contributed by atoms with Crippen molar-refractivity contribution in [1.29, 1.82) is 0 Å². The van der Waals surface area contributed by atoms with Gasteiger partial charge < -0.3 is 14.7 Å². The number of rotatable bonds is 1. The van der Waals surface area contributed by atoms with Crippen molar-refractivity contribution in [2.75, 3.05) is 13.1 Å². The molecule has 1 aliphatic rings. The molecular weight excluding hydrogens is 325 g/mol. The predicted molar refractivity (Wildman–Crippen MR) is 87.6 cm³/mol. The van der Waals surface area contributed by atoms with Gasteiger partial charge >= 0.3 is 6.09 Å². The molecule has 1 N–H and O–H groups in total. The molecule has 2 rings (SSSR count). The minimum atomic E-state index is -0.535. The fourth-order valence-corrected chi connectivity index (χ4v) is 2.81. The number of likely N-dealkylation sites (tertiary alicyclic amines) is 1. The van der Waals surface area contributed by atoms with Gasteiger partial charge in [-0.15, -0.1) is 0 Å². The molecule has 2 unspecified atom stereocenters. The van der Waals surface area contributed by atoms with E-state index in [4.69, 9.17) is 27.9 Å². The molecule has 1 heterocycles. The van der Waals surface area contributed by atoms with Crippen LogP contribution in [0.2, 0.25) is 10.0 Å². The van der Waals surface area contributed by atoms with E-state index in [-0.39, 0.29) is 12.0 Å². The van der Waals surface area contributed by atoms with E-state index < -0.39 is 11.7 Å². The first kappa shape index (κ1) is 17.4. The van der Waals surface area contributed by atoms with E-state index in [0.29, 0.717) is 29.6 Å². The minimum Gasteiger partial charge on any atom is -0.444 e. The minimum absolute atomic E-state index is 0.198. The Labute approximate surface area is 141 Å². The molecule has 0 radical (unpaired) electrons. The Morgan fingerprint density at radius 2 is 2.00 bits per heavy atom. The maximum Gasteiger partial charge on any atom is 0.410 e. The van der Waals surface area contributed by atoms with E-state index in [1.165, 1.54) is 0 Å². The highest BCUT2D eigenvalue weighted by Crippen LogP contribution is 2.32. The number of nitrogens with zero attached hydrogens (tertiary/aromatic N) is 1. The fraction of sp³-hybridized carbons (Fsp3) is 0.562. The number of aliphatic hydroxyl groups excluding tert-OH is 1. The van der Waals surface area contributed by atoms with Crippen LogP contribution in [-0.4, -0.2) is 40.9 Å². The first-order valence-electron chi connectivity index (χ1n) is 7.28. The number of carbonyl (C=O) groups is 1. The van der Waals surface area contributed by atoms with Gasteiger partial charge in [-0.2, -0.15) is 0 Å². The molecule has 2 atom stereocenters. The lowest BCUT2D eigenvalue weighted by atomic mass is 9.88. The molecule has 0 saturated carbocycles. The Hall–Kier alpha value is -0.970. The van der Waals surface area contributed by atoms with Crippen molar-refractivity contribution in [2.45, 2.75) is 44.8 Å². The van der Waals surface area contributed by atoms with Gasteiger partial charge in [-0.25, -0.2) is 4.79 Å². The quantitative estimate of drug-likeness (QED) is 0.834. The Morgan fingerprint density at radius 3 is 2.59 bits per heavy atom. The van der Waals surface area contributed by atoms with Crippen LogP contribution in [0.1, 0.15) is 38.7 Å². The summed E-state index contributed by atoms with van der Waals surface area (Å²) < 4.78 is 5.40. The molecule has 0 bridgehead atoms. The second-order valence-electron chi connectivity index (χ2n) is 6.56. The first-order chi connectivity index (χ1) is 10.2. The molecule has 1 saturated heterocycles. The molecule has 1 fully saturated rings. The summed E-state index contributed by atoms with van der Waals surface area (Å²) in [6.45, 7) is 6.38. The molecular formula is C16H21Cl2NO3. The summed E-state index contributed by atoms with van der Waals surface area (Å²) in [6, 6.07) is 5.29. The summed E-state index contributed by atoms with van der Waals surface area (Å²) in [5.74, 6) is -0.198. The van der Waals surface area contributed by atoms with Gasteiger partial charge in [0.15, 0.2) is 0 Å². The summed E-state index contributed by atoms with van der Waals surface area (Å²) in [5, 5.41) is 11.2. The molecule has 4 nitrogen and oxygen atoms in total. The lowest BCUT2D eigenvalue weighted by Gasteiger charge is -2.37. The van der Waals surface area contributed by atoms with Gasteiger partial charge in [-0.3, -0.25) is 0 Å². The average Bonchev–Trinajstić information content (AvgIpc) is 2.40. The highest BCUT2D eigenvalue weighted by Gasteiger charge is 2.33. The Kier molecular flexibility index (Phi) is 5.25.